The molecule has 2 aromatic heterocycles. The third kappa shape index (κ3) is 4.72. The molecule has 1 aromatic carbocycles. The van der Waals surface area contributed by atoms with Gasteiger partial charge in [0, 0.05) is 33.7 Å². The molecule has 3 N–H and O–H groups in total. The van der Waals surface area contributed by atoms with Gasteiger partial charge in [-0.05, 0) is 40.2 Å². The number of nitrogens with zero attached hydrogens (tertiary/aromatic N) is 2. The summed E-state index contributed by atoms with van der Waals surface area (Å²) in [6.07, 6.45) is -2.44. The standard InChI is InChI=1S/C19H12BrClF4N4O2/c1-31-18-16(26)15(11(20)7-28-18)10-5-12(21)9(6-13(10)22)17(30)29-8-2-3-27-14(4-8)19(23,24)25/h2-7H,26H2,1H3,(H,27,29,30). The van der Waals surface area contributed by atoms with E-state index in [1.807, 2.05) is 0 Å². The van der Waals surface area contributed by atoms with E-state index < -0.39 is 23.6 Å². The molecule has 0 aliphatic heterocycles. The van der Waals surface area contributed by atoms with E-state index in [9.17, 15) is 22.4 Å². The Bertz CT molecular complexity index is 1170. The zero-order valence-electron chi connectivity index (χ0n) is 15.5. The first-order valence-electron chi connectivity index (χ1n) is 8.35. The molecule has 6 nitrogen and oxygen atoms in total. The number of anilines is 2. The predicted molar refractivity (Wildman–Crippen MR) is 110 cm³/mol. The first-order chi connectivity index (χ1) is 14.5. The first kappa shape index (κ1) is 22.8. The Balaban J connectivity index is 1.98. The van der Waals surface area contributed by atoms with Gasteiger partial charge in [0.05, 0.1) is 17.7 Å². The first-order valence-corrected chi connectivity index (χ1v) is 9.52. The van der Waals surface area contributed by atoms with Crippen molar-refractivity contribution in [1.29, 1.82) is 0 Å². The number of aromatic nitrogens is 2. The zero-order valence-corrected chi connectivity index (χ0v) is 17.9. The third-order valence-corrected chi connectivity index (χ3v) is 5.02. The van der Waals surface area contributed by atoms with Crippen molar-refractivity contribution in [3.63, 3.8) is 0 Å². The Morgan fingerprint density at radius 1 is 1.26 bits per heavy atom. The second-order valence-electron chi connectivity index (χ2n) is 6.10. The monoisotopic (exact) mass is 518 g/mol. The fourth-order valence-electron chi connectivity index (χ4n) is 2.70. The lowest BCUT2D eigenvalue weighted by atomic mass is 10.0. The SMILES string of the molecule is COc1ncc(Br)c(-c2cc(Cl)c(C(=O)Nc3ccnc(C(F)(F)F)c3)cc2F)c1N. The van der Waals surface area contributed by atoms with Gasteiger partial charge in [-0.1, -0.05) is 11.6 Å². The maximum absolute atomic E-state index is 14.9. The van der Waals surface area contributed by atoms with Gasteiger partial charge in [-0.3, -0.25) is 9.78 Å². The summed E-state index contributed by atoms with van der Waals surface area (Å²) in [6.45, 7) is 0. The van der Waals surface area contributed by atoms with Crippen LogP contribution in [0, 0.1) is 5.82 Å². The lowest BCUT2D eigenvalue weighted by molar-refractivity contribution is -0.141. The molecular weight excluding hydrogens is 508 g/mol. The number of nitrogens with one attached hydrogen (secondary N) is 1. The molecule has 0 atom stereocenters. The fourth-order valence-corrected chi connectivity index (χ4v) is 3.47. The Labute approximate surface area is 186 Å². The Morgan fingerprint density at radius 2 is 1.97 bits per heavy atom. The Hall–Kier alpha value is -2.92. The van der Waals surface area contributed by atoms with Gasteiger partial charge in [0.1, 0.15) is 17.2 Å². The second-order valence-corrected chi connectivity index (χ2v) is 7.36. The average molecular weight is 520 g/mol. The minimum Gasteiger partial charge on any atom is -0.480 e. The van der Waals surface area contributed by atoms with Gasteiger partial charge >= 0.3 is 6.18 Å². The molecule has 0 bridgehead atoms. The summed E-state index contributed by atoms with van der Waals surface area (Å²) in [6, 6.07) is 3.84. The van der Waals surface area contributed by atoms with Crippen LogP contribution in [0.15, 0.2) is 41.1 Å². The highest BCUT2D eigenvalue weighted by Gasteiger charge is 2.32. The van der Waals surface area contributed by atoms with E-state index in [0.717, 1.165) is 18.3 Å². The molecule has 0 aliphatic carbocycles. The summed E-state index contributed by atoms with van der Waals surface area (Å²) in [5.74, 6) is -1.69. The number of carbonyl (C=O) groups is 1. The summed E-state index contributed by atoms with van der Waals surface area (Å²) >= 11 is 9.41. The number of nitrogen functional groups attached to an aromatic ring is 1. The Morgan fingerprint density at radius 3 is 2.61 bits per heavy atom. The molecule has 0 saturated heterocycles. The number of amides is 1. The lowest BCUT2D eigenvalue weighted by Crippen LogP contribution is -2.15. The number of benzene rings is 1. The van der Waals surface area contributed by atoms with Crippen LogP contribution in [0.4, 0.5) is 28.9 Å². The fraction of sp³-hybridized carbons (Fsp3) is 0.105. The molecule has 3 aromatic rings. The third-order valence-electron chi connectivity index (χ3n) is 4.11. The van der Waals surface area contributed by atoms with Gasteiger partial charge in [0.2, 0.25) is 5.88 Å². The van der Waals surface area contributed by atoms with Gasteiger partial charge in [0.25, 0.3) is 5.91 Å². The maximum atomic E-state index is 14.9. The number of methoxy groups -OCH3 is 1. The molecule has 162 valence electrons. The van der Waals surface area contributed by atoms with E-state index in [-0.39, 0.29) is 39.0 Å². The van der Waals surface area contributed by atoms with E-state index >= 15 is 0 Å². The topological polar surface area (TPSA) is 90.1 Å². The van der Waals surface area contributed by atoms with Gasteiger partial charge < -0.3 is 15.8 Å². The normalized spacial score (nSPS) is 11.3. The number of rotatable bonds is 4. The van der Waals surface area contributed by atoms with Gasteiger partial charge in [-0.2, -0.15) is 13.2 Å². The number of alkyl halides is 3. The van der Waals surface area contributed by atoms with Gasteiger partial charge in [-0.25, -0.2) is 9.37 Å². The predicted octanol–water partition coefficient (Wildman–Crippen LogP) is 5.56. The highest BCUT2D eigenvalue weighted by atomic mass is 79.9. The molecule has 2 heterocycles. The van der Waals surface area contributed by atoms with Crippen LogP contribution in [0.25, 0.3) is 11.1 Å². The van der Waals surface area contributed by atoms with Gasteiger partial charge in [0.15, 0.2) is 0 Å². The van der Waals surface area contributed by atoms with Crippen LogP contribution in [0.1, 0.15) is 16.1 Å². The van der Waals surface area contributed by atoms with Crippen molar-refractivity contribution in [2.75, 3.05) is 18.2 Å². The van der Waals surface area contributed by atoms with Crippen molar-refractivity contribution < 1.29 is 27.1 Å². The van der Waals surface area contributed by atoms with E-state index in [1.165, 1.54) is 19.4 Å². The van der Waals surface area contributed by atoms with E-state index in [4.69, 9.17) is 22.1 Å². The van der Waals surface area contributed by atoms with Crippen LogP contribution < -0.4 is 15.8 Å². The number of halogens is 6. The second kappa shape index (κ2) is 8.67. The van der Waals surface area contributed by atoms with Crippen LogP contribution in [0.5, 0.6) is 5.88 Å². The summed E-state index contributed by atoms with van der Waals surface area (Å²) in [5, 5.41) is 2.09. The van der Waals surface area contributed by atoms with Crippen LogP contribution in [0.2, 0.25) is 5.02 Å². The van der Waals surface area contributed by atoms with Crippen molar-refractivity contribution in [3.05, 3.63) is 63.2 Å². The number of carbonyl (C=O) groups excluding carboxylic acids is 1. The molecular formula is C19H12BrClF4N4O2. The van der Waals surface area contributed by atoms with E-state index in [2.05, 4.69) is 31.2 Å². The largest absolute Gasteiger partial charge is 0.480 e. The van der Waals surface area contributed by atoms with Crippen molar-refractivity contribution >= 4 is 44.8 Å². The molecule has 0 aliphatic rings. The summed E-state index contributed by atoms with van der Waals surface area (Å²) in [5.41, 5.74) is 4.55. The van der Waals surface area contributed by atoms with E-state index in [0.29, 0.717) is 10.5 Å². The van der Waals surface area contributed by atoms with Crippen LogP contribution in [-0.4, -0.2) is 23.0 Å². The molecule has 0 radical (unpaired) electrons. The zero-order chi connectivity index (χ0) is 22.9. The molecule has 3 rings (SSSR count). The van der Waals surface area contributed by atoms with Crippen LogP contribution >= 0.6 is 27.5 Å². The molecule has 0 saturated carbocycles. The van der Waals surface area contributed by atoms with Crippen LogP contribution in [-0.2, 0) is 6.18 Å². The molecule has 0 fully saturated rings. The quantitative estimate of drug-likeness (QED) is 0.441. The van der Waals surface area contributed by atoms with Crippen molar-refractivity contribution in [1.82, 2.24) is 9.97 Å². The summed E-state index contributed by atoms with van der Waals surface area (Å²) in [7, 11) is 1.34. The number of hydrogen-bond acceptors (Lipinski definition) is 5. The van der Waals surface area contributed by atoms with E-state index in [1.54, 1.807) is 0 Å². The number of ether oxygens (including phenoxy) is 1. The summed E-state index contributed by atoms with van der Waals surface area (Å²) in [4.78, 5) is 19.7. The van der Waals surface area contributed by atoms with Crippen molar-refractivity contribution in [3.8, 4) is 17.0 Å². The molecule has 31 heavy (non-hydrogen) atoms. The smallest absolute Gasteiger partial charge is 0.433 e. The number of pyridine rings is 2. The highest BCUT2D eigenvalue weighted by molar-refractivity contribution is 9.10. The number of hydrogen-bond donors (Lipinski definition) is 2. The molecule has 0 spiro atoms. The Kier molecular flexibility index (Phi) is 6.37. The van der Waals surface area contributed by atoms with Crippen molar-refractivity contribution in [2.45, 2.75) is 6.18 Å². The maximum Gasteiger partial charge on any atom is 0.433 e. The minimum atomic E-state index is -4.69. The van der Waals surface area contributed by atoms with Crippen molar-refractivity contribution in [2.24, 2.45) is 0 Å². The highest BCUT2D eigenvalue weighted by Crippen LogP contribution is 2.40. The van der Waals surface area contributed by atoms with Gasteiger partial charge in [-0.15, -0.1) is 0 Å². The van der Waals surface area contributed by atoms with Crippen LogP contribution in [0.3, 0.4) is 0 Å². The average Bonchev–Trinajstić information content (AvgIpc) is 2.70. The number of nitrogens with two attached hydrogens (primary N) is 1. The minimum absolute atomic E-state index is 0.0325. The summed E-state index contributed by atoms with van der Waals surface area (Å²) < 4.78 is 58.7. The molecule has 12 heteroatoms. The molecule has 1 amide bonds. The molecule has 0 unspecified atom stereocenters. The lowest BCUT2D eigenvalue weighted by Gasteiger charge is -2.14.